The van der Waals surface area contributed by atoms with E-state index in [0.29, 0.717) is 12.6 Å². The monoisotopic (exact) mass is 412 g/mol. The van der Waals surface area contributed by atoms with E-state index in [-0.39, 0.29) is 12.4 Å². The van der Waals surface area contributed by atoms with Crippen LogP contribution in [0.2, 0.25) is 0 Å². The van der Waals surface area contributed by atoms with Crippen LogP contribution in [-0.2, 0) is 21.2 Å². The lowest BCUT2D eigenvalue weighted by Gasteiger charge is -2.16. The van der Waals surface area contributed by atoms with Gasteiger partial charge in [0.05, 0.1) is 30.2 Å². The summed E-state index contributed by atoms with van der Waals surface area (Å²) in [5, 5.41) is 4.85. The highest BCUT2D eigenvalue weighted by atomic mass is 32.2. The first-order valence-electron chi connectivity index (χ1n) is 10.2. The van der Waals surface area contributed by atoms with Crippen molar-refractivity contribution >= 4 is 26.4 Å². The van der Waals surface area contributed by atoms with Crippen LogP contribution in [0, 0.1) is 0 Å². The van der Waals surface area contributed by atoms with E-state index in [1.54, 1.807) is 0 Å². The second-order valence-corrected chi connectivity index (χ2v) is 10.2. The summed E-state index contributed by atoms with van der Waals surface area (Å²) in [5.74, 6) is 0.0464. The van der Waals surface area contributed by atoms with E-state index in [1.807, 2.05) is 18.2 Å². The van der Waals surface area contributed by atoms with Crippen LogP contribution in [0.5, 0.6) is 0 Å². The molecule has 2 aromatic carbocycles. The van der Waals surface area contributed by atoms with Gasteiger partial charge in [0.2, 0.25) is 0 Å². The van der Waals surface area contributed by atoms with Crippen molar-refractivity contribution < 1.29 is 13.2 Å². The van der Waals surface area contributed by atoms with E-state index >= 15 is 0 Å². The molecule has 1 fully saturated rings. The number of hydrogen-bond acceptors (Lipinski definition) is 4. The zero-order valence-electron chi connectivity index (χ0n) is 16.8. The molecular weight excluding hydrogens is 384 g/mol. The molecule has 0 radical (unpaired) electrons. The first-order valence-corrected chi connectivity index (χ1v) is 12.3. The van der Waals surface area contributed by atoms with Crippen LogP contribution in [0.25, 0.3) is 22.2 Å². The molecule has 1 aromatic heterocycles. The van der Waals surface area contributed by atoms with Crippen molar-refractivity contribution in [2.45, 2.75) is 38.3 Å². The minimum absolute atomic E-state index is 0.0464. The lowest BCUT2D eigenvalue weighted by atomic mass is 10.1. The topological polar surface area (TPSA) is 71.2 Å². The molecule has 0 unspecified atom stereocenters. The number of sulfone groups is 1. The largest absolute Gasteiger partial charge is 0.381 e. The van der Waals surface area contributed by atoms with E-state index in [2.05, 4.69) is 40.6 Å². The van der Waals surface area contributed by atoms with E-state index in [1.165, 1.54) is 31.9 Å². The molecule has 0 bridgehead atoms. The minimum atomic E-state index is -3.01. The van der Waals surface area contributed by atoms with Crippen LogP contribution in [0.15, 0.2) is 48.5 Å². The van der Waals surface area contributed by atoms with Gasteiger partial charge in [0.15, 0.2) is 0 Å². The number of anilines is 1. The van der Waals surface area contributed by atoms with Crippen molar-refractivity contribution in [3.8, 4) is 11.3 Å². The molecule has 154 valence electrons. The molecular formula is C23H28N2O3S. The predicted molar refractivity (Wildman–Crippen MR) is 119 cm³/mol. The van der Waals surface area contributed by atoms with E-state index in [4.69, 9.17) is 4.74 Å². The van der Waals surface area contributed by atoms with Crippen molar-refractivity contribution in [2.24, 2.45) is 0 Å². The molecule has 2 N–H and O–H groups in total. The lowest BCUT2D eigenvalue weighted by Crippen LogP contribution is -2.15. The first-order chi connectivity index (χ1) is 14.0. The summed E-state index contributed by atoms with van der Waals surface area (Å²) in [5.41, 5.74) is 5.49. The number of ether oxygens (including phenoxy) is 1. The van der Waals surface area contributed by atoms with Crippen LogP contribution in [-0.4, -0.2) is 38.1 Å². The van der Waals surface area contributed by atoms with Crippen LogP contribution in [0.1, 0.15) is 31.2 Å². The van der Waals surface area contributed by atoms with Gasteiger partial charge in [-0.25, -0.2) is 8.42 Å². The zero-order valence-corrected chi connectivity index (χ0v) is 17.6. The predicted octanol–water partition coefficient (Wildman–Crippen LogP) is 4.75. The summed E-state index contributed by atoms with van der Waals surface area (Å²) in [6.45, 7) is 0.612. The Morgan fingerprint density at radius 1 is 1.10 bits per heavy atom. The number of H-pyrrole nitrogens is 1. The van der Waals surface area contributed by atoms with Gasteiger partial charge in [-0.1, -0.05) is 43.2 Å². The third-order valence-corrected chi connectivity index (χ3v) is 6.36. The quantitative estimate of drug-likeness (QED) is 0.524. The van der Waals surface area contributed by atoms with E-state index in [9.17, 15) is 8.42 Å². The van der Waals surface area contributed by atoms with Crippen LogP contribution in [0.3, 0.4) is 0 Å². The SMILES string of the molecule is CS(=O)(=O)CCOCc1cc(NC2CCCC2)c2[nH]c(-c3ccccc3)cc2c1. The molecule has 0 aliphatic heterocycles. The smallest absolute Gasteiger partial charge is 0.149 e. The number of rotatable bonds is 8. The molecule has 0 atom stereocenters. The third kappa shape index (κ3) is 5.19. The minimum Gasteiger partial charge on any atom is -0.381 e. The summed E-state index contributed by atoms with van der Waals surface area (Å²) in [7, 11) is -3.01. The molecule has 1 heterocycles. The number of benzene rings is 2. The fraction of sp³-hybridized carbons (Fsp3) is 0.391. The number of aromatic nitrogens is 1. The average Bonchev–Trinajstić information content (AvgIpc) is 3.35. The average molecular weight is 413 g/mol. The van der Waals surface area contributed by atoms with E-state index < -0.39 is 9.84 Å². The van der Waals surface area contributed by atoms with Crippen molar-refractivity contribution in [1.29, 1.82) is 0 Å². The molecule has 0 amide bonds. The van der Waals surface area contributed by atoms with Crippen molar-refractivity contribution in [3.63, 3.8) is 0 Å². The fourth-order valence-electron chi connectivity index (χ4n) is 3.97. The van der Waals surface area contributed by atoms with Gasteiger partial charge in [-0.3, -0.25) is 0 Å². The summed E-state index contributed by atoms with van der Waals surface area (Å²) in [6, 6.07) is 17.2. The summed E-state index contributed by atoms with van der Waals surface area (Å²) in [4.78, 5) is 3.59. The maximum absolute atomic E-state index is 11.3. The Morgan fingerprint density at radius 3 is 2.59 bits per heavy atom. The molecule has 5 nitrogen and oxygen atoms in total. The fourth-order valence-corrected chi connectivity index (χ4v) is 4.39. The Morgan fingerprint density at radius 2 is 1.86 bits per heavy atom. The standard InChI is InChI=1S/C23H28N2O3S/c1-29(26,27)12-11-28-16-17-13-19-15-21(18-7-3-2-4-8-18)25-23(19)22(14-17)24-20-9-5-6-10-20/h2-4,7-8,13-15,20,24-25H,5-6,9-12,16H2,1H3. The number of hydrogen-bond donors (Lipinski definition) is 2. The van der Waals surface area contributed by atoms with Crippen LogP contribution in [0.4, 0.5) is 5.69 Å². The Labute approximate surface area is 172 Å². The molecule has 0 saturated heterocycles. The van der Waals surface area contributed by atoms with Gasteiger partial charge >= 0.3 is 0 Å². The molecule has 29 heavy (non-hydrogen) atoms. The molecule has 6 heteroatoms. The first kappa shape index (κ1) is 20.0. The highest BCUT2D eigenvalue weighted by molar-refractivity contribution is 7.90. The second kappa shape index (κ2) is 8.59. The third-order valence-electron chi connectivity index (χ3n) is 5.45. The molecule has 1 saturated carbocycles. The van der Waals surface area contributed by atoms with Gasteiger partial charge < -0.3 is 15.0 Å². The number of nitrogens with one attached hydrogen (secondary N) is 2. The highest BCUT2D eigenvalue weighted by Gasteiger charge is 2.17. The normalized spacial score (nSPS) is 15.2. The maximum atomic E-state index is 11.3. The molecule has 1 aliphatic carbocycles. The number of aromatic amines is 1. The Kier molecular flexibility index (Phi) is 5.92. The summed E-state index contributed by atoms with van der Waals surface area (Å²) < 4.78 is 28.3. The Balaban J connectivity index is 1.61. The Bertz CT molecular complexity index is 1070. The maximum Gasteiger partial charge on any atom is 0.149 e. The summed E-state index contributed by atoms with van der Waals surface area (Å²) in [6.07, 6.45) is 6.17. The highest BCUT2D eigenvalue weighted by Crippen LogP contribution is 2.32. The van der Waals surface area contributed by atoms with Gasteiger partial charge in [-0.2, -0.15) is 0 Å². The molecule has 0 spiro atoms. The lowest BCUT2D eigenvalue weighted by molar-refractivity contribution is 0.135. The molecule has 4 rings (SSSR count). The van der Waals surface area contributed by atoms with Crippen LogP contribution >= 0.6 is 0 Å². The van der Waals surface area contributed by atoms with Crippen molar-refractivity contribution in [2.75, 3.05) is 23.9 Å². The van der Waals surface area contributed by atoms with Gasteiger partial charge in [0, 0.05) is 23.4 Å². The Hall–Kier alpha value is -2.31. The van der Waals surface area contributed by atoms with E-state index in [0.717, 1.165) is 33.4 Å². The zero-order chi connectivity index (χ0) is 20.3. The molecule has 1 aliphatic rings. The number of fused-ring (bicyclic) bond motifs is 1. The molecule has 3 aromatic rings. The van der Waals surface area contributed by atoms with Gasteiger partial charge in [0.1, 0.15) is 9.84 Å². The van der Waals surface area contributed by atoms with Crippen LogP contribution < -0.4 is 5.32 Å². The van der Waals surface area contributed by atoms with Gasteiger partial charge in [0.25, 0.3) is 0 Å². The van der Waals surface area contributed by atoms with Gasteiger partial charge in [-0.15, -0.1) is 0 Å². The van der Waals surface area contributed by atoms with Gasteiger partial charge in [-0.05, 0) is 42.2 Å². The van der Waals surface area contributed by atoms with Crippen molar-refractivity contribution in [1.82, 2.24) is 4.98 Å². The summed E-state index contributed by atoms with van der Waals surface area (Å²) >= 11 is 0. The second-order valence-electron chi connectivity index (χ2n) is 7.96. The van der Waals surface area contributed by atoms with Crippen molar-refractivity contribution in [3.05, 3.63) is 54.1 Å².